The molecule has 0 saturated carbocycles. The molecule has 1 heterocycles. The van der Waals surface area contributed by atoms with Gasteiger partial charge in [-0.05, 0) is 6.07 Å². The molecule has 1 unspecified atom stereocenters. The van der Waals surface area contributed by atoms with Gasteiger partial charge < -0.3 is 15.3 Å². The van der Waals surface area contributed by atoms with Gasteiger partial charge in [0.05, 0.1) is 19.3 Å². The van der Waals surface area contributed by atoms with Crippen molar-refractivity contribution in [3.05, 3.63) is 23.9 Å². The zero-order valence-electron chi connectivity index (χ0n) is 7.63. The average Bonchev–Trinajstić information content (AvgIpc) is 2.26. The molecule has 0 amide bonds. The summed E-state index contributed by atoms with van der Waals surface area (Å²) in [4.78, 5) is 4.07. The minimum Gasteiger partial charge on any atom is -0.394 e. The number of rotatable bonds is 5. The van der Waals surface area contributed by atoms with Crippen molar-refractivity contribution in [1.82, 2.24) is 4.98 Å². The van der Waals surface area contributed by atoms with E-state index in [9.17, 15) is 0 Å². The Morgan fingerprint density at radius 3 is 2.86 bits per heavy atom. The number of thioether (sulfide) groups is 1. The predicted octanol–water partition coefficient (Wildman–Crippen LogP) is 0.0192. The number of pyridine rings is 1. The molecule has 1 rings (SSSR count). The first-order chi connectivity index (χ1) is 6.77. The first-order valence-corrected chi connectivity index (χ1v) is 5.23. The monoisotopic (exact) mass is 215 g/mol. The normalized spacial score (nSPS) is 12.8. The number of hydrogen-bond donors (Lipinski definition) is 3. The molecule has 78 valence electrons. The number of hydrogen-bond acceptors (Lipinski definition) is 5. The number of nitrogens with zero attached hydrogens (tertiary/aromatic N) is 1. The van der Waals surface area contributed by atoms with Gasteiger partial charge in [-0.1, -0.05) is 6.07 Å². The summed E-state index contributed by atoms with van der Waals surface area (Å²) >= 11 is 1.32. The average molecular weight is 215 g/mol. The first kappa shape index (κ1) is 11.5. The molecule has 1 aromatic heterocycles. The van der Waals surface area contributed by atoms with Crippen LogP contribution >= 0.6 is 11.8 Å². The third kappa shape index (κ3) is 3.26. The number of aromatic nitrogens is 1. The van der Waals surface area contributed by atoms with Gasteiger partial charge in [-0.25, -0.2) is 4.98 Å². The molecule has 0 aliphatic carbocycles. The summed E-state index contributed by atoms with van der Waals surface area (Å²) < 4.78 is 0. The fraction of sp³-hybridized carbons (Fsp3) is 0.444. The van der Waals surface area contributed by atoms with Gasteiger partial charge in [-0.2, -0.15) is 0 Å². The predicted molar refractivity (Wildman–Crippen MR) is 54.0 cm³/mol. The van der Waals surface area contributed by atoms with Gasteiger partial charge in [-0.15, -0.1) is 11.8 Å². The lowest BCUT2D eigenvalue weighted by molar-refractivity contribution is 0.113. The topological polar surface area (TPSA) is 73.6 Å². The van der Waals surface area contributed by atoms with Crippen LogP contribution in [-0.4, -0.2) is 38.8 Å². The van der Waals surface area contributed by atoms with Gasteiger partial charge in [0.1, 0.15) is 5.03 Å². The van der Waals surface area contributed by atoms with E-state index in [0.29, 0.717) is 10.8 Å². The summed E-state index contributed by atoms with van der Waals surface area (Å²) in [6.45, 7) is -0.320. The molecule has 4 nitrogen and oxygen atoms in total. The summed E-state index contributed by atoms with van der Waals surface area (Å²) in [5.41, 5.74) is 0.739. The third-order valence-electron chi connectivity index (χ3n) is 1.64. The van der Waals surface area contributed by atoms with Crippen molar-refractivity contribution in [2.24, 2.45) is 0 Å². The maximum atomic E-state index is 9.12. The quantitative estimate of drug-likeness (QED) is 0.604. The van der Waals surface area contributed by atoms with Crippen LogP contribution in [0, 0.1) is 0 Å². The SMILES string of the molecule is OCc1cccnc1SCC(O)CO. The van der Waals surface area contributed by atoms with Crippen LogP contribution in [0.1, 0.15) is 5.56 Å². The van der Waals surface area contributed by atoms with Gasteiger partial charge in [0, 0.05) is 17.5 Å². The van der Waals surface area contributed by atoms with E-state index in [1.165, 1.54) is 11.8 Å². The van der Waals surface area contributed by atoms with Gasteiger partial charge in [0.25, 0.3) is 0 Å². The summed E-state index contributed by atoms with van der Waals surface area (Å²) in [6.07, 6.45) is 0.890. The summed E-state index contributed by atoms with van der Waals surface area (Å²) in [5.74, 6) is 0.376. The van der Waals surface area contributed by atoms with Crippen molar-refractivity contribution in [2.75, 3.05) is 12.4 Å². The Labute approximate surface area is 86.6 Å². The molecule has 0 fully saturated rings. The van der Waals surface area contributed by atoms with Crippen LogP contribution in [0.5, 0.6) is 0 Å². The molecule has 0 aliphatic heterocycles. The van der Waals surface area contributed by atoms with E-state index >= 15 is 0 Å². The Balaban J connectivity index is 2.57. The number of aliphatic hydroxyl groups excluding tert-OH is 3. The van der Waals surface area contributed by atoms with Gasteiger partial charge in [0.15, 0.2) is 0 Å². The van der Waals surface area contributed by atoms with E-state index in [2.05, 4.69) is 4.98 Å². The van der Waals surface area contributed by atoms with E-state index in [-0.39, 0.29) is 13.2 Å². The Kier molecular flexibility index (Phi) is 4.89. The van der Waals surface area contributed by atoms with Crippen LogP contribution in [0.4, 0.5) is 0 Å². The van der Waals surface area contributed by atoms with Crippen molar-refractivity contribution >= 4 is 11.8 Å². The Morgan fingerprint density at radius 2 is 2.21 bits per heavy atom. The molecule has 1 aromatic rings. The molecular formula is C9H13NO3S. The van der Waals surface area contributed by atoms with Crippen molar-refractivity contribution < 1.29 is 15.3 Å². The molecule has 5 heteroatoms. The summed E-state index contributed by atoms with van der Waals surface area (Å²) in [7, 11) is 0. The highest BCUT2D eigenvalue weighted by Crippen LogP contribution is 2.20. The second kappa shape index (κ2) is 5.98. The largest absolute Gasteiger partial charge is 0.394 e. The fourth-order valence-electron chi connectivity index (χ4n) is 0.902. The summed E-state index contributed by atoms with van der Waals surface area (Å²) in [6, 6.07) is 3.53. The van der Waals surface area contributed by atoms with E-state index < -0.39 is 6.10 Å². The molecule has 0 aliphatic rings. The third-order valence-corrected chi connectivity index (χ3v) is 2.84. The standard InChI is InChI=1S/C9H13NO3S/c11-4-7-2-1-3-10-9(7)14-6-8(13)5-12/h1-3,8,11-13H,4-6H2. The molecule has 0 spiro atoms. The van der Waals surface area contributed by atoms with E-state index in [0.717, 1.165) is 5.56 Å². The molecule has 0 saturated heterocycles. The van der Waals surface area contributed by atoms with Crippen LogP contribution in [0.25, 0.3) is 0 Å². The summed E-state index contributed by atoms with van der Waals surface area (Å²) in [5, 5.41) is 27.4. The maximum Gasteiger partial charge on any atom is 0.102 e. The van der Waals surface area contributed by atoms with Gasteiger partial charge in [-0.3, -0.25) is 0 Å². The van der Waals surface area contributed by atoms with Crippen molar-refractivity contribution in [2.45, 2.75) is 17.7 Å². The highest BCUT2D eigenvalue weighted by Gasteiger charge is 2.06. The minimum absolute atomic E-state index is 0.0641. The van der Waals surface area contributed by atoms with Crippen LogP contribution < -0.4 is 0 Å². The molecule has 0 radical (unpaired) electrons. The molecule has 0 bridgehead atoms. The Hall–Kier alpha value is -0.620. The zero-order valence-corrected chi connectivity index (χ0v) is 8.44. The van der Waals surface area contributed by atoms with Crippen molar-refractivity contribution in [1.29, 1.82) is 0 Å². The van der Waals surface area contributed by atoms with Crippen LogP contribution in [-0.2, 0) is 6.61 Å². The van der Waals surface area contributed by atoms with Crippen LogP contribution in [0.15, 0.2) is 23.4 Å². The van der Waals surface area contributed by atoms with E-state index in [1.54, 1.807) is 18.3 Å². The Bertz CT molecular complexity index is 283. The van der Waals surface area contributed by atoms with Crippen molar-refractivity contribution in [3.63, 3.8) is 0 Å². The zero-order chi connectivity index (χ0) is 10.4. The number of aliphatic hydroxyl groups is 3. The highest BCUT2D eigenvalue weighted by molar-refractivity contribution is 7.99. The highest BCUT2D eigenvalue weighted by atomic mass is 32.2. The second-order valence-electron chi connectivity index (χ2n) is 2.77. The molecule has 14 heavy (non-hydrogen) atoms. The lowest BCUT2D eigenvalue weighted by atomic mass is 10.3. The van der Waals surface area contributed by atoms with E-state index in [1.807, 2.05) is 0 Å². The van der Waals surface area contributed by atoms with Crippen LogP contribution in [0.2, 0.25) is 0 Å². The second-order valence-corrected chi connectivity index (χ2v) is 3.78. The lowest BCUT2D eigenvalue weighted by Gasteiger charge is -2.08. The first-order valence-electron chi connectivity index (χ1n) is 4.24. The van der Waals surface area contributed by atoms with Gasteiger partial charge in [0.2, 0.25) is 0 Å². The Morgan fingerprint density at radius 1 is 1.43 bits per heavy atom. The molecule has 1 atom stereocenters. The van der Waals surface area contributed by atoms with E-state index in [4.69, 9.17) is 15.3 Å². The molecular weight excluding hydrogens is 202 g/mol. The minimum atomic E-state index is -0.742. The van der Waals surface area contributed by atoms with Crippen LogP contribution in [0.3, 0.4) is 0 Å². The molecule has 0 aromatic carbocycles. The lowest BCUT2D eigenvalue weighted by Crippen LogP contribution is -2.14. The van der Waals surface area contributed by atoms with Gasteiger partial charge >= 0.3 is 0 Å². The fourth-order valence-corrected chi connectivity index (χ4v) is 1.81. The molecule has 3 N–H and O–H groups in total. The smallest absolute Gasteiger partial charge is 0.102 e. The maximum absolute atomic E-state index is 9.12. The van der Waals surface area contributed by atoms with Crippen molar-refractivity contribution in [3.8, 4) is 0 Å².